The van der Waals surface area contributed by atoms with Crippen molar-refractivity contribution >= 4 is 11.9 Å². The van der Waals surface area contributed by atoms with E-state index in [1.165, 1.54) is 11.1 Å². The highest BCUT2D eigenvalue weighted by atomic mass is 16.2. The van der Waals surface area contributed by atoms with Gasteiger partial charge >= 0.3 is 6.03 Å². The fraction of sp³-hybridized carbons (Fsp3) is 0.600. The summed E-state index contributed by atoms with van der Waals surface area (Å²) >= 11 is 0. The van der Waals surface area contributed by atoms with Crippen molar-refractivity contribution in [3.05, 3.63) is 35.4 Å². The number of urea groups is 1. The van der Waals surface area contributed by atoms with Crippen LogP contribution in [0.1, 0.15) is 51.2 Å². The third-order valence-corrected chi connectivity index (χ3v) is 4.66. The Kier molecular flexibility index (Phi) is 7.29. The average molecular weight is 345 g/mol. The van der Waals surface area contributed by atoms with Gasteiger partial charge in [0.05, 0.1) is 0 Å². The molecule has 2 N–H and O–H groups in total. The maximum Gasteiger partial charge on any atom is 0.315 e. The molecular weight excluding hydrogens is 314 g/mol. The third kappa shape index (κ3) is 6.40. The summed E-state index contributed by atoms with van der Waals surface area (Å²) in [7, 11) is 0. The Morgan fingerprint density at radius 2 is 1.72 bits per heavy atom. The van der Waals surface area contributed by atoms with Crippen LogP contribution in [0.2, 0.25) is 0 Å². The highest BCUT2D eigenvalue weighted by Crippen LogP contribution is 2.13. The first-order chi connectivity index (χ1) is 12.0. The summed E-state index contributed by atoms with van der Waals surface area (Å²) in [5.74, 6) is 0.213. The van der Waals surface area contributed by atoms with Crippen LogP contribution in [0.15, 0.2) is 24.3 Å². The van der Waals surface area contributed by atoms with Gasteiger partial charge in [0.25, 0.3) is 0 Å². The lowest BCUT2D eigenvalue weighted by atomic mass is 10.0. The van der Waals surface area contributed by atoms with Gasteiger partial charge in [0.1, 0.15) is 0 Å². The van der Waals surface area contributed by atoms with Crippen LogP contribution >= 0.6 is 0 Å². The van der Waals surface area contributed by atoms with Crippen molar-refractivity contribution in [3.63, 3.8) is 0 Å². The lowest BCUT2D eigenvalue weighted by Gasteiger charge is -2.32. The number of nitrogens with one attached hydrogen (secondary N) is 2. The number of hydrogen-bond acceptors (Lipinski definition) is 2. The molecule has 1 aromatic rings. The maximum atomic E-state index is 12.4. The summed E-state index contributed by atoms with van der Waals surface area (Å²) in [6, 6.07) is 8.69. The number of rotatable bonds is 6. The quantitative estimate of drug-likeness (QED) is 0.833. The first-order valence-corrected chi connectivity index (χ1v) is 9.40. The summed E-state index contributed by atoms with van der Waals surface area (Å²) in [6.45, 7) is 7.47. The smallest absolute Gasteiger partial charge is 0.315 e. The molecule has 0 aliphatic carbocycles. The second kappa shape index (κ2) is 9.44. The van der Waals surface area contributed by atoms with Crippen molar-refractivity contribution < 1.29 is 9.59 Å². The molecule has 0 aromatic heterocycles. The second-order valence-corrected chi connectivity index (χ2v) is 7.10. The molecule has 1 fully saturated rings. The standard InChI is InChI=1S/C20H31N3O2/c1-4-16-5-7-17(8-6-16)9-10-19(24)23-13-11-18(12-14-23)22-20(25)21-15(2)3/h5-8,15,18H,4,9-14H2,1-3H3,(H2,21,22,25). The molecule has 3 amide bonds. The van der Waals surface area contributed by atoms with E-state index in [0.29, 0.717) is 6.42 Å². The highest BCUT2D eigenvalue weighted by molar-refractivity contribution is 5.77. The fourth-order valence-electron chi connectivity index (χ4n) is 3.11. The summed E-state index contributed by atoms with van der Waals surface area (Å²) in [6.07, 6.45) is 4.03. The van der Waals surface area contributed by atoms with Gasteiger partial charge in [-0.1, -0.05) is 31.2 Å². The first-order valence-electron chi connectivity index (χ1n) is 9.40. The number of likely N-dealkylation sites (tertiary alicyclic amines) is 1. The van der Waals surface area contributed by atoms with E-state index < -0.39 is 0 Å². The van der Waals surface area contributed by atoms with E-state index in [1.54, 1.807) is 0 Å². The van der Waals surface area contributed by atoms with Crippen LogP contribution < -0.4 is 10.6 Å². The fourth-order valence-corrected chi connectivity index (χ4v) is 3.11. The molecule has 0 unspecified atom stereocenters. The molecule has 138 valence electrons. The van der Waals surface area contributed by atoms with Gasteiger partial charge in [0.2, 0.25) is 5.91 Å². The molecular formula is C20H31N3O2. The maximum absolute atomic E-state index is 12.4. The van der Waals surface area contributed by atoms with Crippen molar-refractivity contribution in [1.29, 1.82) is 0 Å². The number of benzene rings is 1. The minimum atomic E-state index is -0.115. The molecule has 1 saturated heterocycles. The van der Waals surface area contributed by atoms with E-state index >= 15 is 0 Å². The number of carbonyl (C=O) groups is 2. The molecule has 0 bridgehead atoms. The van der Waals surface area contributed by atoms with Gasteiger partial charge in [-0.3, -0.25) is 4.79 Å². The van der Waals surface area contributed by atoms with Crippen LogP contribution in [0.3, 0.4) is 0 Å². The molecule has 0 spiro atoms. The number of nitrogens with zero attached hydrogens (tertiary/aromatic N) is 1. The van der Waals surface area contributed by atoms with Gasteiger partial charge in [0, 0.05) is 31.6 Å². The van der Waals surface area contributed by atoms with E-state index in [0.717, 1.165) is 38.8 Å². The van der Waals surface area contributed by atoms with E-state index in [4.69, 9.17) is 0 Å². The Labute approximate surface area is 151 Å². The molecule has 5 nitrogen and oxygen atoms in total. The summed E-state index contributed by atoms with van der Waals surface area (Å²) in [5.41, 5.74) is 2.54. The van der Waals surface area contributed by atoms with Crippen LogP contribution in [0.25, 0.3) is 0 Å². The number of carbonyl (C=O) groups excluding carboxylic acids is 2. The molecule has 1 aliphatic heterocycles. The van der Waals surface area contributed by atoms with Crippen LogP contribution in [0.4, 0.5) is 4.79 Å². The lowest BCUT2D eigenvalue weighted by molar-refractivity contribution is -0.132. The van der Waals surface area contributed by atoms with Crippen molar-refractivity contribution in [1.82, 2.24) is 15.5 Å². The molecule has 1 aliphatic rings. The third-order valence-electron chi connectivity index (χ3n) is 4.66. The van der Waals surface area contributed by atoms with Crippen LogP contribution in [-0.2, 0) is 17.6 Å². The number of piperidine rings is 1. The highest BCUT2D eigenvalue weighted by Gasteiger charge is 2.23. The van der Waals surface area contributed by atoms with Gasteiger partial charge in [-0.25, -0.2) is 4.79 Å². The molecule has 0 saturated carbocycles. The van der Waals surface area contributed by atoms with Crippen LogP contribution in [-0.4, -0.2) is 42.0 Å². The Balaban J connectivity index is 1.70. The summed E-state index contributed by atoms with van der Waals surface area (Å²) in [5, 5.41) is 5.83. The number of hydrogen-bond donors (Lipinski definition) is 2. The molecule has 1 aromatic carbocycles. The molecule has 1 heterocycles. The van der Waals surface area contributed by atoms with Crippen LogP contribution in [0.5, 0.6) is 0 Å². The van der Waals surface area contributed by atoms with E-state index in [2.05, 4.69) is 41.8 Å². The van der Waals surface area contributed by atoms with Crippen molar-refractivity contribution in [2.75, 3.05) is 13.1 Å². The normalized spacial score (nSPS) is 15.3. The Morgan fingerprint density at radius 1 is 1.12 bits per heavy atom. The van der Waals surface area contributed by atoms with Crippen molar-refractivity contribution in [3.8, 4) is 0 Å². The molecule has 5 heteroatoms. The summed E-state index contributed by atoms with van der Waals surface area (Å²) < 4.78 is 0. The van der Waals surface area contributed by atoms with E-state index in [9.17, 15) is 9.59 Å². The van der Waals surface area contributed by atoms with Gasteiger partial charge in [-0.2, -0.15) is 0 Å². The van der Waals surface area contributed by atoms with E-state index in [1.807, 2.05) is 18.7 Å². The zero-order valence-electron chi connectivity index (χ0n) is 15.7. The zero-order valence-corrected chi connectivity index (χ0v) is 15.7. The number of amides is 3. The van der Waals surface area contributed by atoms with Crippen molar-refractivity contribution in [2.24, 2.45) is 0 Å². The number of aryl methyl sites for hydroxylation is 2. The molecule has 0 atom stereocenters. The largest absolute Gasteiger partial charge is 0.343 e. The Morgan fingerprint density at radius 3 is 2.28 bits per heavy atom. The second-order valence-electron chi connectivity index (χ2n) is 7.10. The lowest BCUT2D eigenvalue weighted by Crippen LogP contribution is -2.50. The predicted octanol–water partition coefficient (Wildman–Crippen LogP) is 2.88. The molecule has 0 radical (unpaired) electrons. The molecule has 25 heavy (non-hydrogen) atoms. The minimum Gasteiger partial charge on any atom is -0.343 e. The minimum absolute atomic E-state index is 0.115. The monoisotopic (exact) mass is 345 g/mol. The Bertz CT molecular complexity index is 561. The molecule has 2 rings (SSSR count). The van der Waals surface area contributed by atoms with Gasteiger partial charge in [-0.15, -0.1) is 0 Å². The average Bonchev–Trinajstić information content (AvgIpc) is 2.60. The van der Waals surface area contributed by atoms with Gasteiger partial charge in [-0.05, 0) is 50.7 Å². The topological polar surface area (TPSA) is 61.4 Å². The zero-order chi connectivity index (χ0) is 18.2. The predicted molar refractivity (Wildman–Crippen MR) is 101 cm³/mol. The van der Waals surface area contributed by atoms with E-state index in [-0.39, 0.29) is 24.0 Å². The van der Waals surface area contributed by atoms with Gasteiger partial charge < -0.3 is 15.5 Å². The van der Waals surface area contributed by atoms with Gasteiger partial charge in [0.15, 0.2) is 0 Å². The summed E-state index contributed by atoms with van der Waals surface area (Å²) in [4.78, 5) is 26.1. The van der Waals surface area contributed by atoms with Crippen molar-refractivity contribution in [2.45, 2.75) is 65.0 Å². The first kappa shape index (κ1) is 19.3. The Hall–Kier alpha value is -2.04. The SMILES string of the molecule is CCc1ccc(CCC(=O)N2CCC(NC(=O)NC(C)C)CC2)cc1. The van der Waals surface area contributed by atoms with Crippen LogP contribution in [0, 0.1) is 0 Å².